The summed E-state index contributed by atoms with van der Waals surface area (Å²) in [7, 11) is 0. The first-order chi connectivity index (χ1) is 8.85. The van der Waals surface area contributed by atoms with Gasteiger partial charge in [0.15, 0.2) is 0 Å². The first-order valence-corrected chi connectivity index (χ1v) is 5.71. The van der Waals surface area contributed by atoms with Gasteiger partial charge in [0.05, 0.1) is 17.7 Å². The smallest absolute Gasteiger partial charge is 0.449 e. The third kappa shape index (κ3) is 3.66. The summed E-state index contributed by atoms with van der Waals surface area (Å²) in [6.45, 7) is 0.245. The second-order valence-corrected chi connectivity index (χ2v) is 4.27. The number of rotatable bonds is 2. The Morgan fingerprint density at radius 3 is 2.74 bits per heavy atom. The maximum Gasteiger partial charge on any atom is 0.573 e. The van der Waals surface area contributed by atoms with Crippen molar-refractivity contribution in [2.24, 2.45) is 0 Å². The van der Waals surface area contributed by atoms with Crippen LogP contribution in [0.15, 0.2) is 18.2 Å². The number of benzene rings is 1. The highest BCUT2D eigenvalue weighted by Gasteiger charge is 2.32. The maximum atomic E-state index is 12.1. The van der Waals surface area contributed by atoms with Crippen molar-refractivity contribution in [2.45, 2.75) is 18.8 Å². The standard InChI is InChI=1S/C11H9ClF3NO3/c12-7-5-6(8-3-4-18-10(17)16-8)1-2-9(7)19-11(13,14)15/h1-2,5,8H,3-4H2,(H,16,17)/t8-/m0/s1. The molecule has 104 valence electrons. The molecule has 1 aliphatic heterocycles. The SMILES string of the molecule is O=C1N[C@H](c2ccc(OC(F)(F)F)c(Cl)c2)CCO1. The van der Waals surface area contributed by atoms with Crippen LogP contribution >= 0.6 is 11.6 Å². The second kappa shape index (κ2) is 5.16. The van der Waals surface area contributed by atoms with E-state index >= 15 is 0 Å². The molecule has 1 aliphatic rings. The van der Waals surface area contributed by atoms with Crippen molar-refractivity contribution in [3.63, 3.8) is 0 Å². The lowest BCUT2D eigenvalue weighted by Crippen LogP contribution is -2.35. The van der Waals surface area contributed by atoms with Gasteiger partial charge in [0.25, 0.3) is 0 Å². The number of ether oxygens (including phenoxy) is 2. The summed E-state index contributed by atoms with van der Waals surface area (Å²) in [5.74, 6) is -0.476. The van der Waals surface area contributed by atoms with Gasteiger partial charge in [0.1, 0.15) is 5.75 Å². The number of cyclic esters (lactones) is 1. The van der Waals surface area contributed by atoms with Gasteiger partial charge in [-0.15, -0.1) is 13.2 Å². The number of halogens is 4. The van der Waals surface area contributed by atoms with Crippen molar-refractivity contribution < 1.29 is 27.4 Å². The van der Waals surface area contributed by atoms with Crippen LogP contribution in [0.25, 0.3) is 0 Å². The number of alkyl halides is 3. The minimum Gasteiger partial charge on any atom is -0.449 e. The van der Waals surface area contributed by atoms with Crippen LogP contribution in [0.2, 0.25) is 5.02 Å². The van der Waals surface area contributed by atoms with Crippen molar-refractivity contribution in [3.05, 3.63) is 28.8 Å². The summed E-state index contributed by atoms with van der Waals surface area (Å²) in [6.07, 6.45) is -4.84. The topological polar surface area (TPSA) is 47.6 Å². The summed E-state index contributed by atoms with van der Waals surface area (Å²) >= 11 is 5.72. The minimum atomic E-state index is -4.79. The highest BCUT2D eigenvalue weighted by Crippen LogP contribution is 2.33. The zero-order chi connectivity index (χ0) is 14.0. The average Bonchev–Trinajstić information content (AvgIpc) is 2.30. The highest BCUT2D eigenvalue weighted by molar-refractivity contribution is 6.32. The average molecular weight is 296 g/mol. The van der Waals surface area contributed by atoms with Gasteiger partial charge in [-0.25, -0.2) is 4.79 Å². The molecule has 1 amide bonds. The number of alkyl carbamates (subject to hydrolysis) is 1. The van der Waals surface area contributed by atoms with Crippen LogP contribution in [-0.4, -0.2) is 19.1 Å². The van der Waals surface area contributed by atoms with E-state index in [9.17, 15) is 18.0 Å². The molecule has 0 bridgehead atoms. The van der Waals surface area contributed by atoms with E-state index in [1.807, 2.05) is 0 Å². The predicted molar refractivity (Wildman–Crippen MR) is 60.0 cm³/mol. The molecular weight excluding hydrogens is 287 g/mol. The Hall–Kier alpha value is -1.63. The molecule has 1 aromatic carbocycles. The lowest BCUT2D eigenvalue weighted by Gasteiger charge is -2.24. The molecule has 0 radical (unpaired) electrons. The van der Waals surface area contributed by atoms with Crippen molar-refractivity contribution >= 4 is 17.7 Å². The Labute approximate surface area is 111 Å². The van der Waals surface area contributed by atoms with Crippen LogP contribution in [0, 0.1) is 0 Å². The number of amides is 1. The molecule has 8 heteroatoms. The largest absolute Gasteiger partial charge is 0.573 e. The molecule has 1 saturated heterocycles. The Morgan fingerprint density at radius 2 is 2.16 bits per heavy atom. The fourth-order valence-corrected chi connectivity index (χ4v) is 1.94. The van der Waals surface area contributed by atoms with Gasteiger partial charge in [-0.05, 0) is 17.7 Å². The van der Waals surface area contributed by atoms with Crippen molar-refractivity contribution in [3.8, 4) is 5.75 Å². The summed E-state index contributed by atoms with van der Waals surface area (Å²) in [4.78, 5) is 11.0. The van der Waals surface area contributed by atoms with E-state index < -0.39 is 18.2 Å². The molecule has 1 N–H and O–H groups in total. The van der Waals surface area contributed by atoms with Crippen LogP contribution in [0.3, 0.4) is 0 Å². The Bertz CT molecular complexity index is 493. The minimum absolute atomic E-state index is 0.171. The first kappa shape index (κ1) is 13.8. The van der Waals surface area contributed by atoms with E-state index in [2.05, 4.69) is 10.1 Å². The molecule has 0 saturated carbocycles. The molecule has 0 aromatic heterocycles. The van der Waals surface area contributed by atoms with E-state index in [-0.39, 0.29) is 17.7 Å². The second-order valence-electron chi connectivity index (χ2n) is 3.86. The molecule has 0 unspecified atom stereocenters. The number of carbonyl (C=O) groups excluding carboxylic acids is 1. The van der Waals surface area contributed by atoms with Crippen molar-refractivity contribution in [1.29, 1.82) is 0 Å². The van der Waals surface area contributed by atoms with E-state index in [4.69, 9.17) is 16.3 Å². The monoisotopic (exact) mass is 295 g/mol. The van der Waals surface area contributed by atoms with Gasteiger partial charge in [0.2, 0.25) is 0 Å². The van der Waals surface area contributed by atoms with Crippen LogP contribution < -0.4 is 10.1 Å². The molecule has 4 nitrogen and oxygen atoms in total. The predicted octanol–water partition coefficient (Wildman–Crippen LogP) is 3.41. The lowest BCUT2D eigenvalue weighted by atomic mass is 10.0. The van der Waals surface area contributed by atoms with Gasteiger partial charge in [-0.2, -0.15) is 0 Å². The van der Waals surface area contributed by atoms with Crippen LogP contribution in [-0.2, 0) is 4.74 Å². The van der Waals surface area contributed by atoms with Crippen molar-refractivity contribution in [2.75, 3.05) is 6.61 Å². The first-order valence-electron chi connectivity index (χ1n) is 5.33. The third-order valence-corrected chi connectivity index (χ3v) is 2.81. The summed E-state index contributed by atoms with van der Waals surface area (Å²) < 4.78 is 44.7. The molecular formula is C11H9ClF3NO3. The summed E-state index contributed by atoms with van der Waals surface area (Å²) in [5.41, 5.74) is 0.594. The zero-order valence-electron chi connectivity index (χ0n) is 9.46. The highest BCUT2D eigenvalue weighted by atomic mass is 35.5. The van der Waals surface area contributed by atoms with Gasteiger partial charge in [-0.1, -0.05) is 17.7 Å². The van der Waals surface area contributed by atoms with Crippen molar-refractivity contribution in [1.82, 2.24) is 5.32 Å². The maximum absolute atomic E-state index is 12.1. The van der Waals surface area contributed by atoms with Gasteiger partial charge >= 0.3 is 12.5 Å². The Balaban J connectivity index is 2.16. The van der Waals surface area contributed by atoms with Crippen LogP contribution in [0.5, 0.6) is 5.75 Å². The number of hydrogen-bond acceptors (Lipinski definition) is 3. The van der Waals surface area contributed by atoms with E-state index in [1.54, 1.807) is 0 Å². The fourth-order valence-electron chi connectivity index (χ4n) is 1.72. The number of hydrogen-bond donors (Lipinski definition) is 1. The summed E-state index contributed by atoms with van der Waals surface area (Å²) in [6, 6.07) is 3.54. The van der Waals surface area contributed by atoms with E-state index in [0.717, 1.165) is 6.07 Å². The molecule has 1 aromatic rings. The molecule has 0 spiro atoms. The number of nitrogens with one attached hydrogen (secondary N) is 1. The fraction of sp³-hybridized carbons (Fsp3) is 0.364. The van der Waals surface area contributed by atoms with Gasteiger partial charge in [-0.3, -0.25) is 0 Å². The van der Waals surface area contributed by atoms with E-state index in [1.165, 1.54) is 12.1 Å². The van der Waals surface area contributed by atoms with Gasteiger partial charge in [0, 0.05) is 6.42 Å². The Kier molecular flexibility index (Phi) is 3.75. The third-order valence-electron chi connectivity index (χ3n) is 2.52. The summed E-state index contributed by atoms with van der Waals surface area (Å²) in [5, 5.41) is 2.37. The number of carbonyl (C=O) groups is 1. The molecule has 19 heavy (non-hydrogen) atoms. The molecule has 2 rings (SSSR count). The van der Waals surface area contributed by atoms with Crippen LogP contribution in [0.1, 0.15) is 18.0 Å². The molecule has 1 fully saturated rings. The van der Waals surface area contributed by atoms with Gasteiger partial charge < -0.3 is 14.8 Å². The molecule has 1 heterocycles. The van der Waals surface area contributed by atoms with Crippen LogP contribution in [0.4, 0.5) is 18.0 Å². The molecule has 0 aliphatic carbocycles. The Morgan fingerprint density at radius 1 is 1.42 bits per heavy atom. The normalized spacial score (nSPS) is 19.6. The molecule has 1 atom stereocenters. The quantitative estimate of drug-likeness (QED) is 0.909. The van der Waals surface area contributed by atoms with E-state index in [0.29, 0.717) is 12.0 Å². The lowest BCUT2D eigenvalue weighted by molar-refractivity contribution is -0.274. The zero-order valence-corrected chi connectivity index (χ0v) is 10.2.